The van der Waals surface area contributed by atoms with Crippen molar-refractivity contribution in [2.45, 2.75) is 32.4 Å². The number of pyridine rings is 1. The molecule has 3 heterocycles. The monoisotopic (exact) mass is 315 g/mol. The number of amides is 2. The molecule has 1 atom stereocenters. The van der Waals surface area contributed by atoms with Crippen LogP contribution in [0.3, 0.4) is 0 Å². The molecule has 0 aliphatic carbocycles. The lowest BCUT2D eigenvalue weighted by molar-refractivity contribution is 0.111. The molecule has 1 aliphatic heterocycles. The Kier molecular flexibility index (Phi) is 4.87. The van der Waals surface area contributed by atoms with Crippen LogP contribution in [0, 0.1) is 6.92 Å². The maximum Gasteiger partial charge on any atom is 0.315 e. The summed E-state index contributed by atoms with van der Waals surface area (Å²) in [6, 6.07) is 3.64. The van der Waals surface area contributed by atoms with Crippen LogP contribution < -0.4 is 10.6 Å². The van der Waals surface area contributed by atoms with Crippen molar-refractivity contribution in [2.75, 3.05) is 13.2 Å². The number of hydrogen-bond acceptors (Lipinski definition) is 4. The average Bonchev–Trinajstić information content (AvgIpc) is 3.22. The maximum absolute atomic E-state index is 11.8. The fourth-order valence-corrected chi connectivity index (χ4v) is 2.58. The topological polar surface area (TPSA) is 81.1 Å². The van der Waals surface area contributed by atoms with E-state index < -0.39 is 0 Å². The highest BCUT2D eigenvalue weighted by molar-refractivity contribution is 5.73. The van der Waals surface area contributed by atoms with Crippen LogP contribution in [0.4, 0.5) is 4.79 Å². The first-order valence-corrected chi connectivity index (χ1v) is 7.81. The van der Waals surface area contributed by atoms with Crippen molar-refractivity contribution in [3.63, 3.8) is 0 Å². The largest absolute Gasteiger partial charge is 0.376 e. The standard InChI is InChI=1S/C16H21N5O2/c1-12-17-6-7-21(12)15-9-13(4-5-18-15)10-19-16(22)20-11-14-3-2-8-23-14/h4-7,9,14H,2-3,8,10-11H2,1H3,(H2,19,20,22)/t14-/m0/s1. The Bertz CT molecular complexity index is 664. The summed E-state index contributed by atoms with van der Waals surface area (Å²) in [4.78, 5) is 20.4. The number of rotatable bonds is 5. The van der Waals surface area contributed by atoms with Crippen LogP contribution in [0.1, 0.15) is 24.2 Å². The van der Waals surface area contributed by atoms with Crippen LogP contribution in [0.15, 0.2) is 30.7 Å². The fourth-order valence-electron chi connectivity index (χ4n) is 2.58. The van der Waals surface area contributed by atoms with E-state index in [-0.39, 0.29) is 12.1 Å². The molecule has 0 saturated carbocycles. The minimum absolute atomic E-state index is 0.150. The molecule has 3 rings (SSSR count). The van der Waals surface area contributed by atoms with Crippen LogP contribution in [0.25, 0.3) is 5.82 Å². The number of carbonyl (C=O) groups excluding carboxylic acids is 1. The molecule has 0 aromatic carbocycles. The summed E-state index contributed by atoms with van der Waals surface area (Å²) < 4.78 is 7.38. The molecule has 2 amide bonds. The Hall–Kier alpha value is -2.41. The van der Waals surface area contributed by atoms with Crippen molar-refractivity contribution >= 4 is 6.03 Å². The molecule has 0 unspecified atom stereocenters. The Morgan fingerprint density at radius 2 is 2.30 bits per heavy atom. The molecule has 0 bridgehead atoms. The molecule has 7 nitrogen and oxygen atoms in total. The minimum Gasteiger partial charge on any atom is -0.376 e. The van der Waals surface area contributed by atoms with Crippen LogP contribution in [0.5, 0.6) is 0 Å². The SMILES string of the molecule is Cc1nccn1-c1cc(CNC(=O)NC[C@@H]2CCCO2)ccn1. The van der Waals surface area contributed by atoms with E-state index in [0.717, 1.165) is 36.7 Å². The normalized spacial score (nSPS) is 17.2. The van der Waals surface area contributed by atoms with Gasteiger partial charge in [-0.05, 0) is 37.5 Å². The van der Waals surface area contributed by atoms with Gasteiger partial charge in [-0.15, -0.1) is 0 Å². The Morgan fingerprint density at radius 3 is 3.04 bits per heavy atom. The van der Waals surface area contributed by atoms with Crippen LogP contribution >= 0.6 is 0 Å². The molecule has 1 aliphatic rings. The lowest BCUT2D eigenvalue weighted by atomic mass is 10.2. The number of carbonyl (C=O) groups is 1. The summed E-state index contributed by atoms with van der Waals surface area (Å²) in [7, 11) is 0. The van der Waals surface area contributed by atoms with Crippen molar-refractivity contribution in [1.29, 1.82) is 0 Å². The third-order valence-electron chi connectivity index (χ3n) is 3.85. The van der Waals surface area contributed by atoms with Gasteiger partial charge in [-0.3, -0.25) is 4.57 Å². The number of ether oxygens (including phenoxy) is 1. The van der Waals surface area contributed by atoms with Gasteiger partial charge in [0.1, 0.15) is 11.6 Å². The van der Waals surface area contributed by atoms with Gasteiger partial charge in [0.05, 0.1) is 6.10 Å². The minimum atomic E-state index is -0.183. The van der Waals surface area contributed by atoms with Crippen LogP contribution in [-0.2, 0) is 11.3 Å². The number of imidazole rings is 1. The van der Waals surface area contributed by atoms with Gasteiger partial charge in [-0.2, -0.15) is 0 Å². The fraction of sp³-hybridized carbons (Fsp3) is 0.438. The van der Waals surface area contributed by atoms with Crippen molar-refractivity contribution in [1.82, 2.24) is 25.2 Å². The number of hydrogen-bond donors (Lipinski definition) is 2. The molecular weight excluding hydrogens is 294 g/mol. The second-order valence-corrected chi connectivity index (χ2v) is 5.57. The van der Waals surface area contributed by atoms with E-state index in [1.54, 1.807) is 12.4 Å². The average molecular weight is 315 g/mol. The summed E-state index contributed by atoms with van der Waals surface area (Å²) in [5.74, 6) is 1.66. The molecule has 0 spiro atoms. The Balaban J connectivity index is 1.52. The number of nitrogens with zero attached hydrogens (tertiary/aromatic N) is 3. The molecule has 7 heteroatoms. The number of aryl methyl sites for hydroxylation is 1. The zero-order valence-corrected chi connectivity index (χ0v) is 13.2. The molecule has 2 aromatic heterocycles. The van der Waals surface area contributed by atoms with Crippen molar-refractivity contribution in [3.8, 4) is 5.82 Å². The van der Waals surface area contributed by atoms with Crippen LogP contribution in [0.2, 0.25) is 0 Å². The molecule has 122 valence electrons. The highest BCUT2D eigenvalue weighted by Gasteiger charge is 2.15. The van der Waals surface area contributed by atoms with Gasteiger partial charge < -0.3 is 15.4 Å². The summed E-state index contributed by atoms with van der Waals surface area (Å²) in [6.07, 6.45) is 7.57. The van der Waals surface area contributed by atoms with E-state index >= 15 is 0 Å². The van der Waals surface area contributed by atoms with E-state index in [9.17, 15) is 4.79 Å². The third kappa shape index (κ3) is 4.07. The molecular formula is C16H21N5O2. The second kappa shape index (κ2) is 7.23. The van der Waals surface area contributed by atoms with Gasteiger partial charge >= 0.3 is 6.03 Å². The molecule has 1 saturated heterocycles. The quantitative estimate of drug-likeness (QED) is 0.877. The van der Waals surface area contributed by atoms with Gasteiger partial charge in [0.15, 0.2) is 0 Å². The maximum atomic E-state index is 11.8. The van der Waals surface area contributed by atoms with Crippen molar-refractivity contribution in [3.05, 3.63) is 42.1 Å². The zero-order valence-electron chi connectivity index (χ0n) is 13.2. The van der Waals surface area contributed by atoms with Crippen LogP contribution in [-0.4, -0.2) is 39.8 Å². The summed E-state index contributed by atoms with van der Waals surface area (Å²) >= 11 is 0. The molecule has 1 fully saturated rings. The Morgan fingerprint density at radius 1 is 1.39 bits per heavy atom. The smallest absolute Gasteiger partial charge is 0.315 e. The van der Waals surface area contributed by atoms with Gasteiger partial charge in [0.2, 0.25) is 0 Å². The third-order valence-corrected chi connectivity index (χ3v) is 3.85. The number of urea groups is 1. The van der Waals surface area contributed by atoms with E-state index in [4.69, 9.17) is 4.74 Å². The predicted molar refractivity (Wildman–Crippen MR) is 85.3 cm³/mol. The zero-order chi connectivity index (χ0) is 16.1. The summed E-state index contributed by atoms with van der Waals surface area (Å²) in [6.45, 7) is 3.72. The second-order valence-electron chi connectivity index (χ2n) is 5.57. The number of nitrogens with one attached hydrogen (secondary N) is 2. The first-order chi connectivity index (χ1) is 11.2. The van der Waals surface area contributed by atoms with Crippen molar-refractivity contribution in [2.24, 2.45) is 0 Å². The molecule has 0 radical (unpaired) electrons. The summed E-state index contributed by atoms with van der Waals surface area (Å²) in [5.41, 5.74) is 0.982. The molecule has 23 heavy (non-hydrogen) atoms. The van der Waals surface area contributed by atoms with E-state index in [2.05, 4.69) is 20.6 Å². The highest BCUT2D eigenvalue weighted by Crippen LogP contribution is 2.11. The van der Waals surface area contributed by atoms with E-state index in [0.29, 0.717) is 13.1 Å². The van der Waals surface area contributed by atoms with Gasteiger partial charge in [-0.25, -0.2) is 14.8 Å². The molecule has 2 aromatic rings. The number of aromatic nitrogens is 3. The summed E-state index contributed by atoms with van der Waals surface area (Å²) in [5, 5.41) is 5.69. The Labute approximate surface area is 135 Å². The lowest BCUT2D eigenvalue weighted by Gasteiger charge is -2.12. The lowest BCUT2D eigenvalue weighted by Crippen LogP contribution is -2.39. The first-order valence-electron chi connectivity index (χ1n) is 7.81. The van der Waals surface area contributed by atoms with E-state index in [1.807, 2.05) is 29.8 Å². The van der Waals surface area contributed by atoms with E-state index in [1.165, 1.54) is 0 Å². The van der Waals surface area contributed by atoms with Gasteiger partial charge in [0.25, 0.3) is 0 Å². The predicted octanol–water partition coefficient (Wildman–Crippen LogP) is 1.55. The van der Waals surface area contributed by atoms with Gasteiger partial charge in [0, 0.05) is 38.3 Å². The molecule has 2 N–H and O–H groups in total. The van der Waals surface area contributed by atoms with Gasteiger partial charge in [-0.1, -0.05) is 0 Å². The first kappa shape index (κ1) is 15.5. The highest BCUT2D eigenvalue weighted by atomic mass is 16.5. The van der Waals surface area contributed by atoms with Crippen molar-refractivity contribution < 1.29 is 9.53 Å².